The first-order valence-electron chi connectivity index (χ1n) is 7.18. The molecule has 1 aromatic carbocycles. The second kappa shape index (κ2) is 4.89. The number of hydrogen-bond donors (Lipinski definition) is 3. The number of benzene rings is 1. The minimum Gasteiger partial charge on any atom is -0.450 e. The maximum atomic E-state index is 11.3. The van der Waals surface area contributed by atoms with Crippen LogP contribution in [0.15, 0.2) is 29.2 Å². The van der Waals surface area contributed by atoms with Crippen LogP contribution in [-0.4, -0.2) is 23.1 Å². The van der Waals surface area contributed by atoms with Gasteiger partial charge in [-0.2, -0.15) is 4.98 Å². The van der Waals surface area contributed by atoms with Gasteiger partial charge in [0.15, 0.2) is 17.3 Å². The third-order valence-corrected chi connectivity index (χ3v) is 4.07. The number of aromatic amines is 1. The van der Waals surface area contributed by atoms with Gasteiger partial charge in [-0.05, 0) is 49.5 Å². The smallest absolute Gasteiger partial charge is 0.346 e. The largest absolute Gasteiger partial charge is 0.450 e. The van der Waals surface area contributed by atoms with Crippen LogP contribution in [-0.2, 0) is 0 Å². The average Bonchev–Trinajstić information content (AvgIpc) is 2.53. The van der Waals surface area contributed by atoms with Crippen molar-refractivity contribution < 1.29 is 4.74 Å². The number of anilines is 2. The van der Waals surface area contributed by atoms with E-state index in [0.29, 0.717) is 17.5 Å². The topological polar surface area (TPSA) is 79.0 Å². The number of ether oxygens (including phenoxy) is 1. The maximum absolute atomic E-state index is 11.3. The molecule has 6 heteroatoms. The number of H-pyrrole nitrogens is 1. The van der Waals surface area contributed by atoms with Crippen LogP contribution in [0.2, 0.25) is 0 Å². The molecule has 1 fully saturated rings. The fourth-order valence-electron chi connectivity index (χ4n) is 2.95. The van der Waals surface area contributed by atoms with Crippen LogP contribution in [0.4, 0.5) is 11.5 Å². The standard InChI is InChI=1S/C15H16N4O2/c20-15-17-8-13-14(19-15)18-11-7-10(1-2-12(11)21-13)9-3-5-16-6-4-9/h1-2,7-9,16H,3-6H2,(H2,17,18,19,20). The van der Waals surface area contributed by atoms with Crippen LogP contribution in [0.3, 0.4) is 0 Å². The van der Waals surface area contributed by atoms with Crippen LogP contribution in [0.1, 0.15) is 24.3 Å². The molecule has 2 aromatic rings. The van der Waals surface area contributed by atoms with Gasteiger partial charge in [0.1, 0.15) is 0 Å². The van der Waals surface area contributed by atoms with Gasteiger partial charge in [-0.25, -0.2) is 4.79 Å². The number of aromatic nitrogens is 2. The summed E-state index contributed by atoms with van der Waals surface area (Å²) in [6.07, 6.45) is 3.73. The predicted octanol–water partition coefficient (Wildman–Crippen LogP) is 2.09. The number of nitrogens with one attached hydrogen (secondary N) is 3. The second-order valence-corrected chi connectivity index (χ2v) is 5.43. The molecule has 3 heterocycles. The highest BCUT2D eigenvalue weighted by molar-refractivity contribution is 5.73. The quantitative estimate of drug-likeness (QED) is 0.637. The van der Waals surface area contributed by atoms with Crippen LogP contribution in [0, 0.1) is 0 Å². The van der Waals surface area contributed by atoms with Gasteiger partial charge in [0.05, 0.1) is 11.9 Å². The predicted molar refractivity (Wildman–Crippen MR) is 79.5 cm³/mol. The molecule has 108 valence electrons. The van der Waals surface area contributed by atoms with Gasteiger partial charge in [-0.1, -0.05) is 6.07 Å². The van der Waals surface area contributed by atoms with Crippen molar-refractivity contribution in [3.05, 3.63) is 40.4 Å². The molecule has 2 aliphatic heterocycles. The van der Waals surface area contributed by atoms with Gasteiger partial charge < -0.3 is 15.4 Å². The number of fused-ring (bicyclic) bond motifs is 2. The molecular formula is C15H16N4O2. The van der Waals surface area contributed by atoms with E-state index in [9.17, 15) is 4.79 Å². The van der Waals surface area contributed by atoms with Gasteiger partial charge >= 0.3 is 5.69 Å². The van der Waals surface area contributed by atoms with Crippen molar-refractivity contribution in [2.75, 3.05) is 18.4 Å². The van der Waals surface area contributed by atoms with Crippen molar-refractivity contribution in [3.8, 4) is 11.5 Å². The molecule has 0 radical (unpaired) electrons. The second-order valence-electron chi connectivity index (χ2n) is 5.43. The molecule has 3 N–H and O–H groups in total. The third kappa shape index (κ3) is 2.27. The highest BCUT2D eigenvalue weighted by atomic mass is 16.5. The van der Waals surface area contributed by atoms with E-state index in [-0.39, 0.29) is 5.69 Å². The van der Waals surface area contributed by atoms with Gasteiger partial charge in [0, 0.05) is 0 Å². The molecule has 4 rings (SSSR count). The zero-order chi connectivity index (χ0) is 14.2. The zero-order valence-electron chi connectivity index (χ0n) is 11.5. The van der Waals surface area contributed by atoms with Crippen molar-refractivity contribution in [2.45, 2.75) is 18.8 Å². The lowest BCUT2D eigenvalue weighted by Gasteiger charge is -2.26. The minimum atomic E-state index is -0.386. The van der Waals surface area contributed by atoms with Gasteiger partial charge in [0.25, 0.3) is 0 Å². The van der Waals surface area contributed by atoms with E-state index in [0.717, 1.165) is 37.4 Å². The van der Waals surface area contributed by atoms with Crippen molar-refractivity contribution in [1.29, 1.82) is 0 Å². The molecule has 2 aliphatic rings. The molecule has 0 amide bonds. The van der Waals surface area contributed by atoms with Crippen LogP contribution < -0.4 is 21.1 Å². The summed E-state index contributed by atoms with van der Waals surface area (Å²) in [7, 11) is 0. The Balaban J connectivity index is 1.67. The summed E-state index contributed by atoms with van der Waals surface area (Å²) in [5.74, 6) is 2.44. The van der Waals surface area contributed by atoms with Gasteiger partial charge in [0.2, 0.25) is 0 Å². The van der Waals surface area contributed by atoms with E-state index in [1.807, 2.05) is 6.07 Å². The normalized spacial score (nSPS) is 17.3. The molecule has 0 spiro atoms. The summed E-state index contributed by atoms with van der Waals surface area (Å²) >= 11 is 0. The first-order valence-corrected chi connectivity index (χ1v) is 7.18. The minimum absolute atomic E-state index is 0.386. The molecule has 0 unspecified atom stereocenters. The van der Waals surface area contributed by atoms with Crippen LogP contribution in [0.5, 0.6) is 11.5 Å². The highest BCUT2D eigenvalue weighted by Crippen LogP contribution is 2.41. The number of piperidine rings is 1. The first-order chi connectivity index (χ1) is 10.3. The summed E-state index contributed by atoms with van der Waals surface area (Å²) in [5.41, 5.74) is 1.81. The lowest BCUT2D eigenvalue weighted by Crippen LogP contribution is -2.26. The fourth-order valence-corrected chi connectivity index (χ4v) is 2.95. The molecule has 1 aromatic heterocycles. The Morgan fingerprint density at radius 2 is 2.05 bits per heavy atom. The molecule has 0 bridgehead atoms. The fraction of sp³-hybridized carbons (Fsp3) is 0.333. The van der Waals surface area contributed by atoms with E-state index in [2.05, 4.69) is 32.7 Å². The van der Waals surface area contributed by atoms with Crippen LogP contribution >= 0.6 is 0 Å². The van der Waals surface area contributed by atoms with Crippen LogP contribution in [0.25, 0.3) is 0 Å². The van der Waals surface area contributed by atoms with E-state index in [1.54, 1.807) is 0 Å². The van der Waals surface area contributed by atoms with Crippen molar-refractivity contribution in [1.82, 2.24) is 15.3 Å². The van der Waals surface area contributed by atoms with E-state index < -0.39 is 0 Å². The summed E-state index contributed by atoms with van der Waals surface area (Å²) in [6, 6.07) is 6.22. The molecule has 0 saturated carbocycles. The number of rotatable bonds is 1. The Kier molecular flexibility index (Phi) is 2.89. The zero-order valence-corrected chi connectivity index (χ0v) is 11.5. The molecule has 21 heavy (non-hydrogen) atoms. The van der Waals surface area contributed by atoms with Crippen molar-refractivity contribution in [2.24, 2.45) is 0 Å². The number of nitrogens with zero attached hydrogens (tertiary/aromatic N) is 1. The summed E-state index contributed by atoms with van der Waals surface area (Å²) in [5, 5.41) is 6.60. The van der Waals surface area contributed by atoms with Gasteiger partial charge in [-0.3, -0.25) is 4.98 Å². The van der Waals surface area contributed by atoms with E-state index in [4.69, 9.17) is 4.74 Å². The Bertz CT molecular complexity index is 735. The lowest BCUT2D eigenvalue weighted by atomic mass is 9.90. The van der Waals surface area contributed by atoms with E-state index >= 15 is 0 Å². The Labute approximate surface area is 121 Å². The third-order valence-electron chi connectivity index (χ3n) is 4.07. The summed E-state index contributed by atoms with van der Waals surface area (Å²) < 4.78 is 5.77. The molecule has 0 atom stereocenters. The van der Waals surface area contributed by atoms with Crippen molar-refractivity contribution >= 4 is 11.5 Å². The Morgan fingerprint density at radius 3 is 2.90 bits per heavy atom. The summed E-state index contributed by atoms with van der Waals surface area (Å²) in [6.45, 7) is 2.13. The Hall–Kier alpha value is -2.34. The maximum Gasteiger partial charge on any atom is 0.346 e. The monoisotopic (exact) mass is 284 g/mol. The highest BCUT2D eigenvalue weighted by Gasteiger charge is 2.21. The number of hydrogen-bond acceptors (Lipinski definition) is 5. The van der Waals surface area contributed by atoms with Gasteiger partial charge in [-0.15, -0.1) is 0 Å². The molecule has 6 nitrogen and oxygen atoms in total. The SMILES string of the molecule is O=c1ncc2c([nH]1)Nc1cc(C3CCNCC3)ccc1O2. The summed E-state index contributed by atoms with van der Waals surface area (Å²) in [4.78, 5) is 17.6. The molecule has 0 aliphatic carbocycles. The Morgan fingerprint density at radius 1 is 1.19 bits per heavy atom. The first kappa shape index (κ1) is 12.4. The average molecular weight is 284 g/mol. The molecule has 1 saturated heterocycles. The lowest BCUT2D eigenvalue weighted by molar-refractivity contribution is 0.457. The van der Waals surface area contributed by atoms with E-state index in [1.165, 1.54) is 11.8 Å². The van der Waals surface area contributed by atoms with Crippen molar-refractivity contribution in [3.63, 3.8) is 0 Å². The molecular weight excluding hydrogens is 268 g/mol.